The first-order valence-electron chi connectivity index (χ1n) is 6.92. The highest BCUT2D eigenvalue weighted by molar-refractivity contribution is 5.77. The molecule has 0 spiro atoms. The molecule has 0 aliphatic carbocycles. The Hall–Kier alpha value is -2.16. The van der Waals surface area contributed by atoms with Crippen LogP contribution in [0.15, 0.2) is 0 Å². The molecule has 1 rings (SSSR count). The zero-order valence-electron chi connectivity index (χ0n) is 13.6. The maximum atomic E-state index is 11.9. The van der Waals surface area contributed by atoms with Gasteiger partial charge in [0.1, 0.15) is 0 Å². The Morgan fingerprint density at radius 3 is 1.65 bits per heavy atom. The first kappa shape index (κ1) is 18.9. The molecule has 130 valence electrons. The van der Waals surface area contributed by atoms with Crippen LogP contribution in [0.4, 0.5) is 0 Å². The van der Waals surface area contributed by atoms with Crippen LogP contribution in [0.3, 0.4) is 0 Å². The first-order valence-corrected chi connectivity index (χ1v) is 6.92. The summed E-state index contributed by atoms with van der Waals surface area (Å²) in [7, 11) is 1.14. The van der Waals surface area contributed by atoms with Gasteiger partial charge in [-0.25, -0.2) is 4.79 Å². The van der Waals surface area contributed by atoms with Crippen LogP contribution in [-0.4, -0.2) is 61.5 Å². The summed E-state index contributed by atoms with van der Waals surface area (Å²) < 4.78 is 25.4. The second kappa shape index (κ2) is 7.91. The number of methoxy groups -OCH3 is 1. The summed E-state index contributed by atoms with van der Waals surface area (Å²) in [5.41, 5.74) is 0. The van der Waals surface area contributed by atoms with Gasteiger partial charge < -0.3 is 23.7 Å². The molecular formula is C14H20O9. The van der Waals surface area contributed by atoms with Crippen LogP contribution in [-0.2, 0) is 42.9 Å². The first-order chi connectivity index (χ1) is 10.7. The molecule has 9 nitrogen and oxygen atoms in total. The van der Waals surface area contributed by atoms with E-state index in [-0.39, 0.29) is 0 Å². The van der Waals surface area contributed by atoms with Crippen LogP contribution in [0, 0.1) is 0 Å². The lowest BCUT2D eigenvalue weighted by Crippen LogP contribution is -2.62. The summed E-state index contributed by atoms with van der Waals surface area (Å²) in [5, 5.41) is 0. The Labute approximate surface area is 133 Å². The van der Waals surface area contributed by atoms with Crippen molar-refractivity contribution in [2.75, 3.05) is 7.11 Å². The summed E-state index contributed by atoms with van der Waals surface area (Å²) in [5.74, 6) is -2.86. The van der Waals surface area contributed by atoms with Gasteiger partial charge in [-0.1, -0.05) is 0 Å². The number of carbonyl (C=O) groups is 4. The van der Waals surface area contributed by atoms with Gasteiger partial charge in [0.2, 0.25) is 0 Å². The number of ether oxygens (including phenoxy) is 5. The molecule has 0 unspecified atom stereocenters. The van der Waals surface area contributed by atoms with Crippen LogP contribution >= 0.6 is 0 Å². The third kappa shape index (κ3) is 4.92. The Morgan fingerprint density at radius 2 is 1.22 bits per heavy atom. The van der Waals surface area contributed by atoms with Gasteiger partial charge in [0, 0.05) is 20.8 Å². The normalized spacial score (nSPS) is 30.0. The zero-order chi connectivity index (χ0) is 17.7. The smallest absolute Gasteiger partial charge is 0.339 e. The van der Waals surface area contributed by atoms with Crippen molar-refractivity contribution < 1.29 is 42.9 Å². The monoisotopic (exact) mass is 332 g/mol. The van der Waals surface area contributed by atoms with Gasteiger partial charge in [0.25, 0.3) is 0 Å². The molecule has 0 saturated carbocycles. The third-order valence-electron chi connectivity index (χ3n) is 3.11. The van der Waals surface area contributed by atoms with Crippen molar-refractivity contribution in [3.63, 3.8) is 0 Å². The number of carbonyl (C=O) groups excluding carboxylic acids is 4. The van der Waals surface area contributed by atoms with E-state index < -0.39 is 54.4 Å². The van der Waals surface area contributed by atoms with E-state index in [4.69, 9.17) is 18.9 Å². The van der Waals surface area contributed by atoms with Gasteiger partial charge in [0.15, 0.2) is 24.4 Å². The average Bonchev–Trinajstić information content (AvgIpc) is 2.43. The lowest BCUT2D eigenvalue weighted by atomic mass is 9.94. The second-order valence-electron chi connectivity index (χ2n) is 5.01. The third-order valence-corrected chi connectivity index (χ3v) is 3.11. The summed E-state index contributed by atoms with van der Waals surface area (Å²) in [6, 6.07) is 0. The van der Waals surface area contributed by atoms with Crippen LogP contribution in [0.5, 0.6) is 0 Å². The van der Waals surface area contributed by atoms with E-state index in [9.17, 15) is 19.2 Å². The molecule has 0 aromatic carbocycles. The highest BCUT2D eigenvalue weighted by atomic mass is 16.7. The topological polar surface area (TPSA) is 114 Å². The van der Waals surface area contributed by atoms with Gasteiger partial charge in [-0.2, -0.15) is 0 Å². The predicted octanol–water partition coefficient (Wildman–Crippen LogP) is -0.258. The lowest BCUT2D eigenvalue weighted by Gasteiger charge is -2.42. The molecule has 0 aromatic heterocycles. The van der Waals surface area contributed by atoms with Crippen LogP contribution in [0.25, 0.3) is 0 Å². The van der Waals surface area contributed by atoms with Gasteiger partial charge in [0.05, 0.1) is 13.2 Å². The van der Waals surface area contributed by atoms with Crippen LogP contribution < -0.4 is 0 Å². The summed E-state index contributed by atoms with van der Waals surface area (Å²) in [4.78, 5) is 45.8. The average molecular weight is 332 g/mol. The minimum Gasteiger partial charge on any atom is -0.467 e. The standard InChI is InChI=1S/C14H20O9/c1-6-10(21-7(2)15)11(22-8(3)16)12(23-9(4)17)13(20-6)14(18)19-5/h6,10-13H,1-5H3/t6-,10+,11-,12+,13+/m1/s1. The summed E-state index contributed by atoms with van der Waals surface area (Å²) in [6.45, 7) is 4.97. The van der Waals surface area contributed by atoms with Crippen molar-refractivity contribution in [1.82, 2.24) is 0 Å². The predicted molar refractivity (Wildman–Crippen MR) is 73.0 cm³/mol. The van der Waals surface area contributed by atoms with E-state index in [1.54, 1.807) is 0 Å². The number of hydrogen-bond donors (Lipinski definition) is 0. The number of esters is 4. The second-order valence-corrected chi connectivity index (χ2v) is 5.01. The molecule has 0 bridgehead atoms. The summed E-state index contributed by atoms with van der Waals surface area (Å²) >= 11 is 0. The maximum Gasteiger partial charge on any atom is 0.339 e. The van der Waals surface area contributed by atoms with E-state index in [0.29, 0.717) is 0 Å². The van der Waals surface area contributed by atoms with Crippen molar-refractivity contribution in [1.29, 1.82) is 0 Å². The molecule has 9 heteroatoms. The number of hydrogen-bond acceptors (Lipinski definition) is 9. The van der Waals surface area contributed by atoms with Crippen molar-refractivity contribution in [2.24, 2.45) is 0 Å². The molecular weight excluding hydrogens is 312 g/mol. The molecule has 5 atom stereocenters. The largest absolute Gasteiger partial charge is 0.467 e. The molecule has 0 radical (unpaired) electrons. The van der Waals surface area contributed by atoms with E-state index in [0.717, 1.165) is 21.0 Å². The van der Waals surface area contributed by atoms with Crippen LogP contribution in [0.1, 0.15) is 27.7 Å². The van der Waals surface area contributed by atoms with E-state index in [1.165, 1.54) is 13.8 Å². The fourth-order valence-electron chi connectivity index (χ4n) is 2.32. The molecule has 1 saturated heterocycles. The Bertz CT molecular complexity index is 487. The molecule has 0 N–H and O–H groups in total. The molecule has 23 heavy (non-hydrogen) atoms. The highest BCUT2D eigenvalue weighted by Gasteiger charge is 2.53. The van der Waals surface area contributed by atoms with Crippen molar-refractivity contribution in [3.05, 3.63) is 0 Å². The fraction of sp³-hybridized carbons (Fsp3) is 0.714. The van der Waals surface area contributed by atoms with Crippen molar-refractivity contribution >= 4 is 23.9 Å². The molecule has 0 amide bonds. The molecule has 1 aliphatic rings. The van der Waals surface area contributed by atoms with Crippen molar-refractivity contribution in [3.8, 4) is 0 Å². The van der Waals surface area contributed by atoms with E-state index in [1.807, 2.05) is 0 Å². The molecule has 1 heterocycles. The van der Waals surface area contributed by atoms with Crippen molar-refractivity contribution in [2.45, 2.75) is 58.2 Å². The minimum absolute atomic E-state index is 0.638. The molecule has 0 aromatic rings. The maximum absolute atomic E-state index is 11.9. The Kier molecular flexibility index (Phi) is 6.49. The van der Waals surface area contributed by atoms with Gasteiger partial charge in [-0.15, -0.1) is 0 Å². The lowest BCUT2D eigenvalue weighted by molar-refractivity contribution is -0.245. The quantitative estimate of drug-likeness (QED) is 0.507. The minimum atomic E-state index is -1.31. The molecule has 1 fully saturated rings. The van der Waals surface area contributed by atoms with Gasteiger partial charge in [-0.3, -0.25) is 14.4 Å². The van der Waals surface area contributed by atoms with Crippen LogP contribution in [0.2, 0.25) is 0 Å². The SMILES string of the molecule is COC(=O)[C@H]1O[C@H](C)[C@H](OC(C)=O)[C@@H](OC(C)=O)[C@@H]1OC(C)=O. The van der Waals surface area contributed by atoms with Gasteiger partial charge >= 0.3 is 23.9 Å². The fourth-order valence-corrected chi connectivity index (χ4v) is 2.32. The highest BCUT2D eigenvalue weighted by Crippen LogP contribution is 2.29. The van der Waals surface area contributed by atoms with Gasteiger partial charge in [-0.05, 0) is 6.92 Å². The Balaban J connectivity index is 3.21. The molecule has 1 aliphatic heterocycles. The summed E-state index contributed by atoms with van der Waals surface area (Å²) in [6.07, 6.45) is -5.64. The number of rotatable bonds is 4. The Morgan fingerprint density at radius 1 is 0.783 bits per heavy atom. The zero-order valence-corrected chi connectivity index (χ0v) is 13.6. The van der Waals surface area contributed by atoms with E-state index in [2.05, 4.69) is 4.74 Å². The van der Waals surface area contributed by atoms with E-state index >= 15 is 0 Å².